The smallest absolute Gasteiger partial charge is 0.335 e. The average Bonchev–Trinajstić information content (AvgIpc) is 2.84. The van der Waals surface area contributed by atoms with Crippen molar-refractivity contribution >= 4 is 5.97 Å². The number of aliphatic hydroxyl groups is 11. The van der Waals surface area contributed by atoms with Crippen LogP contribution in [0.25, 0.3) is 0 Å². The number of rotatable bonds is 11. The maximum Gasteiger partial charge on any atom is 0.335 e. The van der Waals surface area contributed by atoms with Gasteiger partial charge in [0.05, 0.1) is 19.8 Å². The van der Waals surface area contributed by atoms with Crippen molar-refractivity contribution in [2.75, 3.05) is 19.8 Å². The van der Waals surface area contributed by atoms with Crippen molar-refractivity contribution in [3.8, 4) is 0 Å². The first-order chi connectivity index (χ1) is 16.3. The predicted octanol–water partition coefficient (Wildman–Crippen LogP) is -7.84. The molecule has 0 radical (unpaired) electrons. The second kappa shape index (κ2) is 12.9. The molecule has 17 nitrogen and oxygen atoms in total. The Kier molecular flexibility index (Phi) is 11.1. The van der Waals surface area contributed by atoms with Gasteiger partial charge in [0.1, 0.15) is 67.1 Å². The third-order valence-corrected chi connectivity index (χ3v) is 5.69. The Labute approximate surface area is 197 Å². The normalized spacial score (nSPS) is 41.7. The molecule has 0 amide bonds. The van der Waals surface area contributed by atoms with E-state index in [0.29, 0.717) is 0 Å². The van der Waals surface area contributed by atoms with Crippen molar-refractivity contribution in [3.05, 3.63) is 0 Å². The Hall–Kier alpha value is -1.13. The first kappa shape index (κ1) is 30.1. The van der Waals surface area contributed by atoms with Crippen molar-refractivity contribution in [3.63, 3.8) is 0 Å². The SMILES string of the molecule is O=C(O)[C@H](O)[C@@H](O)[C@H](O)[C@H](O)CO[C@H]1O[C@H](CO[C@H]2O[C@H](CO)[C@@H](O)[C@H](O)[C@H]2O)[C@@H](O)[C@H](O)[C@H]1O. The summed E-state index contributed by atoms with van der Waals surface area (Å²) in [6, 6.07) is 0. The van der Waals surface area contributed by atoms with Crippen molar-refractivity contribution < 1.29 is 85.0 Å². The second-order valence-corrected chi connectivity index (χ2v) is 8.21. The van der Waals surface area contributed by atoms with Gasteiger partial charge in [-0.15, -0.1) is 0 Å². The van der Waals surface area contributed by atoms with Gasteiger partial charge in [0.15, 0.2) is 18.7 Å². The zero-order valence-electron chi connectivity index (χ0n) is 18.1. The number of hydrogen-bond acceptors (Lipinski definition) is 16. The molecule has 0 spiro atoms. The minimum absolute atomic E-state index is 0.637. The quantitative estimate of drug-likeness (QED) is 0.120. The lowest BCUT2D eigenvalue weighted by Crippen LogP contribution is -2.62. The van der Waals surface area contributed by atoms with E-state index in [1.807, 2.05) is 0 Å². The largest absolute Gasteiger partial charge is 0.479 e. The van der Waals surface area contributed by atoms with Crippen LogP contribution in [0.5, 0.6) is 0 Å². The molecule has 0 bridgehead atoms. The highest BCUT2D eigenvalue weighted by molar-refractivity contribution is 5.72. The molecule has 12 N–H and O–H groups in total. The van der Waals surface area contributed by atoms with Crippen LogP contribution < -0.4 is 0 Å². The number of hydrogen-bond donors (Lipinski definition) is 12. The van der Waals surface area contributed by atoms with Gasteiger partial charge in [0.25, 0.3) is 0 Å². The van der Waals surface area contributed by atoms with Gasteiger partial charge in [-0.2, -0.15) is 0 Å². The first-order valence-electron chi connectivity index (χ1n) is 10.5. The summed E-state index contributed by atoms with van der Waals surface area (Å²) in [4.78, 5) is 10.7. The maximum atomic E-state index is 10.7. The molecule has 2 saturated heterocycles. The van der Waals surface area contributed by atoms with Crippen LogP contribution in [-0.2, 0) is 23.7 Å². The van der Waals surface area contributed by atoms with Gasteiger partial charge < -0.3 is 80.2 Å². The van der Waals surface area contributed by atoms with Crippen molar-refractivity contribution in [2.24, 2.45) is 0 Å². The van der Waals surface area contributed by atoms with Gasteiger partial charge in [-0.05, 0) is 0 Å². The van der Waals surface area contributed by atoms with Crippen LogP contribution in [0.4, 0.5) is 0 Å². The Morgan fingerprint density at radius 2 is 1.20 bits per heavy atom. The molecule has 0 aliphatic carbocycles. The van der Waals surface area contributed by atoms with Crippen LogP contribution in [0.2, 0.25) is 0 Å². The fourth-order valence-electron chi connectivity index (χ4n) is 3.44. The summed E-state index contributed by atoms with van der Waals surface area (Å²) in [7, 11) is 0. The zero-order valence-corrected chi connectivity index (χ0v) is 18.1. The third-order valence-electron chi connectivity index (χ3n) is 5.69. The van der Waals surface area contributed by atoms with E-state index in [0.717, 1.165) is 0 Å². The molecule has 35 heavy (non-hydrogen) atoms. The minimum Gasteiger partial charge on any atom is -0.479 e. The summed E-state index contributed by atoms with van der Waals surface area (Å²) >= 11 is 0. The van der Waals surface area contributed by atoms with E-state index in [4.69, 9.17) is 24.1 Å². The molecule has 206 valence electrons. The van der Waals surface area contributed by atoms with Gasteiger partial charge in [0, 0.05) is 0 Å². The predicted molar refractivity (Wildman–Crippen MR) is 104 cm³/mol. The van der Waals surface area contributed by atoms with Gasteiger partial charge in [-0.25, -0.2) is 4.79 Å². The molecule has 0 aromatic heterocycles. The summed E-state index contributed by atoms with van der Waals surface area (Å²) in [5.74, 6) is -1.87. The van der Waals surface area contributed by atoms with Gasteiger partial charge in [0.2, 0.25) is 0 Å². The number of carboxylic acids is 1. The number of ether oxygens (including phenoxy) is 4. The fraction of sp³-hybridized carbons (Fsp3) is 0.944. The Balaban J connectivity index is 1.96. The van der Waals surface area contributed by atoms with Crippen LogP contribution in [0.1, 0.15) is 0 Å². The average molecular weight is 520 g/mol. The van der Waals surface area contributed by atoms with E-state index in [-0.39, 0.29) is 0 Å². The van der Waals surface area contributed by atoms with Crippen LogP contribution in [0.3, 0.4) is 0 Å². The van der Waals surface area contributed by atoms with Crippen LogP contribution >= 0.6 is 0 Å². The van der Waals surface area contributed by atoms with E-state index < -0.39 is 112 Å². The van der Waals surface area contributed by atoms with Gasteiger partial charge in [-0.3, -0.25) is 0 Å². The van der Waals surface area contributed by atoms with E-state index in [1.54, 1.807) is 0 Å². The molecule has 14 atom stereocenters. The van der Waals surface area contributed by atoms with Crippen molar-refractivity contribution in [1.82, 2.24) is 0 Å². The van der Waals surface area contributed by atoms with Crippen molar-refractivity contribution in [2.45, 2.75) is 85.8 Å². The fourth-order valence-corrected chi connectivity index (χ4v) is 3.44. The lowest BCUT2D eigenvalue weighted by atomic mass is 9.98. The highest BCUT2D eigenvalue weighted by Gasteiger charge is 2.47. The first-order valence-corrected chi connectivity index (χ1v) is 10.5. The molecular formula is C18H32O17. The summed E-state index contributed by atoms with van der Waals surface area (Å²) in [6.07, 6.45) is -25.6. The molecule has 2 aliphatic rings. The molecule has 17 heteroatoms. The van der Waals surface area contributed by atoms with E-state index in [2.05, 4.69) is 0 Å². The topological polar surface area (TPSA) is 297 Å². The van der Waals surface area contributed by atoms with Crippen LogP contribution in [0.15, 0.2) is 0 Å². The summed E-state index contributed by atoms with van der Waals surface area (Å²) in [6.45, 7) is -2.25. The molecule has 0 aromatic rings. The standard InChI is InChI=1S/C18H32O17/c19-1-5-8(22)11(25)14(28)18(34-5)33-3-6-9(23)12(26)15(29)17(35-6)32-2-4(20)7(21)10(24)13(27)16(30)31/h4-15,17-29H,1-3H2,(H,30,31)/t4-,5-,6-,7-,8-,9-,10+,11+,12+,13-,14-,15-,17+,18+/m1/s1. The highest BCUT2D eigenvalue weighted by Crippen LogP contribution is 2.26. The highest BCUT2D eigenvalue weighted by atomic mass is 16.7. The third kappa shape index (κ3) is 7.01. The molecule has 0 saturated carbocycles. The van der Waals surface area contributed by atoms with E-state index in [9.17, 15) is 61.0 Å². The number of aliphatic hydroxyl groups excluding tert-OH is 11. The zero-order chi connectivity index (χ0) is 26.6. The molecule has 2 heterocycles. The summed E-state index contributed by atoms with van der Waals surface area (Å²) in [5, 5.41) is 116. The Morgan fingerprint density at radius 3 is 1.71 bits per heavy atom. The Morgan fingerprint density at radius 1 is 0.714 bits per heavy atom. The molecule has 0 unspecified atom stereocenters. The molecule has 2 rings (SSSR count). The van der Waals surface area contributed by atoms with E-state index >= 15 is 0 Å². The summed E-state index contributed by atoms with van der Waals surface area (Å²) < 4.78 is 20.7. The molecular weight excluding hydrogens is 488 g/mol. The molecule has 2 fully saturated rings. The number of carboxylic acid groups (broad SMARTS) is 1. The lowest BCUT2D eigenvalue weighted by Gasteiger charge is -2.42. The maximum absolute atomic E-state index is 10.7. The Bertz CT molecular complexity index is 665. The molecule has 2 aliphatic heterocycles. The number of carbonyl (C=O) groups is 1. The summed E-state index contributed by atoms with van der Waals surface area (Å²) in [5.41, 5.74) is 0. The van der Waals surface area contributed by atoms with Gasteiger partial charge >= 0.3 is 5.97 Å². The van der Waals surface area contributed by atoms with Crippen LogP contribution in [-0.4, -0.2) is 173 Å². The van der Waals surface area contributed by atoms with Crippen molar-refractivity contribution in [1.29, 1.82) is 0 Å². The second-order valence-electron chi connectivity index (χ2n) is 8.21. The number of aliphatic carboxylic acids is 1. The lowest BCUT2D eigenvalue weighted by molar-refractivity contribution is -0.333. The minimum atomic E-state index is -2.42. The molecule has 0 aromatic carbocycles. The van der Waals surface area contributed by atoms with Gasteiger partial charge in [-0.1, -0.05) is 0 Å². The monoisotopic (exact) mass is 520 g/mol. The van der Waals surface area contributed by atoms with Crippen LogP contribution in [0, 0.1) is 0 Å². The van der Waals surface area contributed by atoms with E-state index in [1.165, 1.54) is 0 Å².